The van der Waals surface area contributed by atoms with Crippen LogP contribution in [0.3, 0.4) is 0 Å². The fourth-order valence-electron chi connectivity index (χ4n) is 1.42. The lowest BCUT2D eigenvalue weighted by Gasteiger charge is -1.97. The van der Waals surface area contributed by atoms with E-state index in [2.05, 4.69) is 35.7 Å². The van der Waals surface area contributed by atoms with Gasteiger partial charge in [-0.25, -0.2) is 0 Å². The summed E-state index contributed by atoms with van der Waals surface area (Å²) >= 11 is 7.62. The van der Waals surface area contributed by atoms with Crippen molar-refractivity contribution in [2.45, 2.75) is 5.75 Å². The Morgan fingerprint density at radius 3 is 2.35 bits per heavy atom. The van der Waals surface area contributed by atoms with Crippen molar-refractivity contribution in [1.29, 1.82) is 0 Å². The second-order valence-corrected chi connectivity index (χ2v) is 4.98. The van der Waals surface area contributed by atoms with Crippen molar-refractivity contribution >= 4 is 29.4 Å². The van der Waals surface area contributed by atoms with Crippen LogP contribution in [-0.4, -0.2) is 0 Å². The molecular formula is C15H13ClS. The van der Waals surface area contributed by atoms with E-state index in [1.165, 1.54) is 11.1 Å². The third-order valence-electron chi connectivity index (χ3n) is 2.32. The van der Waals surface area contributed by atoms with Gasteiger partial charge in [-0.2, -0.15) is 0 Å². The van der Waals surface area contributed by atoms with Crippen molar-refractivity contribution < 1.29 is 0 Å². The third kappa shape index (κ3) is 4.29. The minimum atomic E-state index is 0.777. The van der Waals surface area contributed by atoms with Gasteiger partial charge in [-0.05, 0) is 34.7 Å². The molecule has 0 bridgehead atoms. The van der Waals surface area contributed by atoms with Crippen LogP contribution in [0.5, 0.6) is 0 Å². The highest BCUT2D eigenvalue weighted by Gasteiger charge is 1.90. The molecule has 0 N–H and O–H groups in total. The molecule has 0 heterocycles. The van der Waals surface area contributed by atoms with E-state index in [4.69, 9.17) is 11.6 Å². The number of halogens is 1. The molecule has 17 heavy (non-hydrogen) atoms. The molecule has 0 fully saturated rings. The Morgan fingerprint density at radius 2 is 1.65 bits per heavy atom. The van der Waals surface area contributed by atoms with E-state index >= 15 is 0 Å². The smallest absolute Gasteiger partial charge is 0.0406 e. The van der Waals surface area contributed by atoms with Gasteiger partial charge in [-0.3, -0.25) is 0 Å². The molecule has 2 aromatic carbocycles. The van der Waals surface area contributed by atoms with Crippen molar-refractivity contribution in [3.8, 4) is 0 Å². The number of hydrogen-bond donors (Lipinski definition) is 0. The maximum atomic E-state index is 5.82. The molecule has 2 aromatic rings. The van der Waals surface area contributed by atoms with Gasteiger partial charge in [0.2, 0.25) is 0 Å². The fraction of sp³-hybridized carbons (Fsp3) is 0.0667. The van der Waals surface area contributed by atoms with E-state index in [9.17, 15) is 0 Å². The highest BCUT2D eigenvalue weighted by Crippen LogP contribution is 2.16. The Labute approximate surface area is 111 Å². The lowest BCUT2D eigenvalue weighted by Crippen LogP contribution is -1.75. The number of benzene rings is 2. The largest absolute Gasteiger partial charge is 0.129 e. The first-order valence-electron chi connectivity index (χ1n) is 5.42. The lowest BCUT2D eigenvalue weighted by atomic mass is 10.2. The van der Waals surface area contributed by atoms with Crippen LogP contribution in [0.15, 0.2) is 60.0 Å². The highest BCUT2D eigenvalue weighted by molar-refractivity contribution is 8.01. The van der Waals surface area contributed by atoms with E-state index in [1.807, 2.05) is 30.3 Å². The maximum Gasteiger partial charge on any atom is 0.0406 e. The molecule has 2 heteroatoms. The molecule has 0 amide bonds. The second-order valence-electron chi connectivity index (χ2n) is 3.65. The van der Waals surface area contributed by atoms with Gasteiger partial charge in [-0.1, -0.05) is 54.1 Å². The summed E-state index contributed by atoms with van der Waals surface area (Å²) in [6.45, 7) is 0. The highest BCUT2D eigenvalue weighted by atomic mass is 35.5. The number of hydrogen-bond acceptors (Lipinski definition) is 1. The molecule has 2 rings (SSSR count). The molecule has 0 aromatic heterocycles. The predicted molar refractivity (Wildman–Crippen MR) is 78.2 cm³/mol. The summed E-state index contributed by atoms with van der Waals surface area (Å²) in [4.78, 5) is 0. The molecule has 86 valence electrons. The van der Waals surface area contributed by atoms with Crippen LogP contribution in [0.25, 0.3) is 6.08 Å². The van der Waals surface area contributed by atoms with Crippen LogP contribution < -0.4 is 0 Å². The molecule has 0 unspecified atom stereocenters. The summed E-state index contributed by atoms with van der Waals surface area (Å²) in [5, 5.41) is 2.90. The second kappa shape index (κ2) is 6.53. The van der Waals surface area contributed by atoms with Crippen molar-refractivity contribution in [2.75, 3.05) is 0 Å². The zero-order valence-corrected chi connectivity index (χ0v) is 10.9. The molecule has 0 aliphatic rings. The van der Waals surface area contributed by atoms with Gasteiger partial charge in [0.1, 0.15) is 0 Å². The molecule has 0 atom stereocenters. The Hall–Kier alpha value is -1.18. The Morgan fingerprint density at radius 1 is 0.941 bits per heavy atom. The summed E-state index contributed by atoms with van der Waals surface area (Å²) in [6.07, 6.45) is 2.10. The third-order valence-corrected chi connectivity index (χ3v) is 3.40. The van der Waals surface area contributed by atoms with E-state index < -0.39 is 0 Å². The number of rotatable bonds is 4. The Bertz CT molecular complexity index is 474. The van der Waals surface area contributed by atoms with E-state index in [-0.39, 0.29) is 0 Å². The van der Waals surface area contributed by atoms with Gasteiger partial charge in [0.15, 0.2) is 0 Å². The maximum absolute atomic E-state index is 5.82. The van der Waals surface area contributed by atoms with Gasteiger partial charge in [0, 0.05) is 10.8 Å². The topological polar surface area (TPSA) is 0 Å². The SMILES string of the molecule is Clc1ccc(/C=C/SCc2ccccc2)cc1. The van der Waals surface area contributed by atoms with Crippen LogP contribution in [0.1, 0.15) is 11.1 Å². The molecule has 0 aliphatic heterocycles. The van der Waals surface area contributed by atoms with Gasteiger partial charge < -0.3 is 0 Å². The average Bonchev–Trinajstić information content (AvgIpc) is 2.38. The monoisotopic (exact) mass is 260 g/mol. The Balaban J connectivity index is 1.84. The zero-order valence-electron chi connectivity index (χ0n) is 9.34. The van der Waals surface area contributed by atoms with E-state index in [1.54, 1.807) is 11.8 Å². The van der Waals surface area contributed by atoms with Crippen LogP contribution >= 0.6 is 23.4 Å². The van der Waals surface area contributed by atoms with Gasteiger partial charge in [0.05, 0.1) is 0 Å². The molecule has 0 saturated heterocycles. The Kier molecular flexibility index (Phi) is 4.72. The molecule has 0 radical (unpaired) electrons. The van der Waals surface area contributed by atoms with Gasteiger partial charge in [-0.15, -0.1) is 11.8 Å². The molecular weight excluding hydrogens is 248 g/mol. The van der Waals surface area contributed by atoms with Crippen molar-refractivity contribution in [3.63, 3.8) is 0 Å². The minimum Gasteiger partial charge on any atom is -0.129 e. The average molecular weight is 261 g/mol. The van der Waals surface area contributed by atoms with Crippen LogP contribution in [0, 0.1) is 0 Å². The summed E-state index contributed by atoms with van der Waals surface area (Å²) in [7, 11) is 0. The lowest BCUT2D eigenvalue weighted by molar-refractivity contribution is 1.42. The first kappa shape index (κ1) is 12.3. The molecule has 0 aliphatic carbocycles. The van der Waals surface area contributed by atoms with Gasteiger partial charge >= 0.3 is 0 Å². The summed E-state index contributed by atoms with van der Waals surface area (Å²) in [5.74, 6) is 1.00. The van der Waals surface area contributed by atoms with E-state index in [0.717, 1.165) is 10.8 Å². The molecule has 0 saturated carbocycles. The van der Waals surface area contributed by atoms with Crippen molar-refractivity contribution in [1.82, 2.24) is 0 Å². The first-order valence-corrected chi connectivity index (χ1v) is 6.85. The van der Waals surface area contributed by atoms with Crippen LogP contribution in [0.4, 0.5) is 0 Å². The van der Waals surface area contributed by atoms with Crippen LogP contribution in [0.2, 0.25) is 5.02 Å². The predicted octanol–water partition coefficient (Wildman–Crippen LogP) is 5.24. The fourth-order valence-corrected chi connectivity index (χ4v) is 2.28. The first-order chi connectivity index (χ1) is 8.34. The normalized spacial score (nSPS) is 10.9. The standard InChI is InChI=1S/C15H13ClS/c16-15-8-6-13(7-9-15)10-11-17-12-14-4-2-1-3-5-14/h1-11H,12H2/b11-10+. The van der Waals surface area contributed by atoms with Gasteiger partial charge in [0.25, 0.3) is 0 Å². The summed E-state index contributed by atoms with van der Waals surface area (Å²) in [6, 6.07) is 18.3. The summed E-state index contributed by atoms with van der Waals surface area (Å²) < 4.78 is 0. The number of thioether (sulfide) groups is 1. The van der Waals surface area contributed by atoms with E-state index in [0.29, 0.717) is 0 Å². The molecule has 0 nitrogen and oxygen atoms in total. The van der Waals surface area contributed by atoms with Crippen molar-refractivity contribution in [2.24, 2.45) is 0 Å². The molecule has 0 spiro atoms. The zero-order chi connectivity index (χ0) is 11.9. The van der Waals surface area contributed by atoms with Crippen LogP contribution in [-0.2, 0) is 5.75 Å². The quantitative estimate of drug-likeness (QED) is 0.724. The minimum absolute atomic E-state index is 0.777. The van der Waals surface area contributed by atoms with Crippen molar-refractivity contribution in [3.05, 3.63) is 76.2 Å². The summed E-state index contributed by atoms with van der Waals surface area (Å²) in [5.41, 5.74) is 2.52.